The first-order valence-corrected chi connectivity index (χ1v) is 12.9. The number of hydrogen-bond acceptors (Lipinski definition) is 5. The fraction of sp³-hybridized carbons (Fsp3) is 0.704. The third kappa shape index (κ3) is 4.13. The van der Waals surface area contributed by atoms with Crippen molar-refractivity contribution >= 4 is 5.78 Å². The van der Waals surface area contributed by atoms with Gasteiger partial charge in [-0.3, -0.25) is 9.69 Å². The van der Waals surface area contributed by atoms with Crippen molar-refractivity contribution in [1.82, 2.24) is 10.2 Å². The number of ether oxygens (including phenoxy) is 1. The van der Waals surface area contributed by atoms with Crippen LogP contribution in [0.3, 0.4) is 0 Å². The van der Waals surface area contributed by atoms with E-state index in [0.717, 1.165) is 64.0 Å². The van der Waals surface area contributed by atoms with E-state index in [1.54, 1.807) is 6.07 Å². The summed E-state index contributed by atoms with van der Waals surface area (Å²) in [5.74, 6) is 1.73. The summed E-state index contributed by atoms with van der Waals surface area (Å²) in [7, 11) is 0. The molecule has 3 saturated heterocycles. The van der Waals surface area contributed by atoms with Gasteiger partial charge < -0.3 is 10.1 Å². The molecule has 2 aliphatic carbocycles. The number of rotatable bonds is 7. The van der Waals surface area contributed by atoms with Gasteiger partial charge in [0.05, 0.1) is 37.3 Å². The van der Waals surface area contributed by atoms with Crippen LogP contribution in [0, 0.1) is 40.8 Å². The molecular formula is C27H34FN3O2. The average molecular weight is 452 g/mol. The second kappa shape index (κ2) is 8.76. The molecule has 1 N–H and O–H groups in total. The van der Waals surface area contributed by atoms with Crippen LogP contribution in [-0.4, -0.2) is 55.1 Å². The van der Waals surface area contributed by atoms with E-state index in [1.807, 2.05) is 6.07 Å². The highest BCUT2D eigenvalue weighted by Crippen LogP contribution is 2.47. The fourth-order valence-electron chi connectivity index (χ4n) is 7.34. The molecule has 6 atom stereocenters. The topological polar surface area (TPSA) is 65.4 Å². The van der Waals surface area contributed by atoms with E-state index in [4.69, 9.17) is 4.74 Å². The van der Waals surface area contributed by atoms with Crippen LogP contribution in [0.5, 0.6) is 0 Å². The van der Waals surface area contributed by atoms with E-state index in [9.17, 15) is 10.1 Å². The molecular weight excluding hydrogens is 417 g/mol. The standard InChI is InChI=1S/C27H34FN3O2/c28-25-10-17(20-7-21-12-31(13-22(21)8-20)24-14-33-15-24)1-2-18(25)5-16(11-29)6-26(32)27-19-3-4-23(9-19)30-27/h1-2,10,16,19-24,27,30H,3-9,12-15H2/t16-,19+,20?,21?,22?,23-,27+/m1/s1. The van der Waals surface area contributed by atoms with E-state index in [1.165, 1.54) is 0 Å². The molecule has 5 fully saturated rings. The molecule has 5 aliphatic rings. The number of carbonyl (C=O) groups excluding carboxylic acids is 1. The Morgan fingerprint density at radius 1 is 1.18 bits per heavy atom. The predicted octanol–water partition coefficient (Wildman–Crippen LogP) is 3.43. The Morgan fingerprint density at radius 3 is 2.55 bits per heavy atom. The number of nitrogens with zero attached hydrogens (tertiary/aromatic N) is 2. The molecule has 176 valence electrons. The number of carbonyl (C=O) groups is 1. The van der Waals surface area contributed by atoms with Crippen LogP contribution in [0.15, 0.2) is 18.2 Å². The van der Waals surface area contributed by atoms with Crippen LogP contribution in [0.1, 0.15) is 55.6 Å². The second-order valence-electron chi connectivity index (χ2n) is 11.3. The smallest absolute Gasteiger partial charge is 0.151 e. The second-order valence-corrected chi connectivity index (χ2v) is 11.3. The number of Topliss-reactive ketones (excluding diaryl/α,β-unsaturated/α-hetero) is 1. The van der Waals surface area contributed by atoms with Gasteiger partial charge in [-0.15, -0.1) is 0 Å². The van der Waals surface area contributed by atoms with Gasteiger partial charge in [-0.05, 0) is 79.4 Å². The number of nitriles is 1. The molecule has 3 aliphatic heterocycles. The third-order valence-corrected chi connectivity index (χ3v) is 9.27. The molecule has 1 aromatic carbocycles. The number of nitrogens with one attached hydrogen (secondary N) is 1. The molecule has 5 nitrogen and oxygen atoms in total. The van der Waals surface area contributed by atoms with Crippen molar-refractivity contribution < 1.29 is 13.9 Å². The molecule has 0 amide bonds. The molecule has 2 saturated carbocycles. The van der Waals surface area contributed by atoms with Crippen LogP contribution in [0.25, 0.3) is 0 Å². The Labute approximate surface area is 195 Å². The van der Waals surface area contributed by atoms with Gasteiger partial charge in [0.25, 0.3) is 0 Å². The molecule has 0 spiro atoms. The summed E-state index contributed by atoms with van der Waals surface area (Å²) >= 11 is 0. The highest BCUT2D eigenvalue weighted by atomic mass is 19.1. The molecule has 0 aromatic heterocycles. The van der Waals surface area contributed by atoms with Gasteiger partial charge in [-0.25, -0.2) is 4.39 Å². The summed E-state index contributed by atoms with van der Waals surface area (Å²) in [5.41, 5.74) is 1.66. The van der Waals surface area contributed by atoms with Crippen molar-refractivity contribution in [2.24, 2.45) is 23.7 Å². The summed E-state index contributed by atoms with van der Waals surface area (Å²) in [5, 5.41) is 13.1. The lowest BCUT2D eigenvalue weighted by Gasteiger charge is -2.35. The summed E-state index contributed by atoms with van der Waals surface area (Å²) in [6, 6.07) is 8.89. The molecule has 6 heteroatoms. The molecule has 1 aromatic rings. The van der Waals surface area contributed by atoms with Gasteiger partial charge in [0.2, 0.25) is 0 Å². The monoisotopic (exact) mass is 451 g/mol. The number of halogens is 1. The van der Waals surface area contributed by atoms with Crippen molar-refractivity contribution in [3.63, 3.8) is 0 Å². The SMILES string of the molecule is N#C[C@@H](CC(=O)[C@H]1N[C@@H]2CC[C@H]1C2)Cc1ccc(C2CC3CN(C4COC4)CC3C2)cc1F. The molecule has 33 heavy (non-hydrogen) atoms. The zero-order chi connectivity index (χ0) is 22.5. The minimum Gasteiger partial charge on any atom is -0.378 e. The van der Waals surface area contributed by atoms with Gasteiger partial charge in [0, 0.05) is 25.6 Å². The van der Waals surface area contributed by atoms with Crippen LogP contribution >= 0.6 is 0 Å². The highest BCUT2D eigenvalue weighted by molar-refractivity contribution is 5.85. The Bertz CT molecular complexity index is 943. The number of hydrogen-bond donors (Lipinski definition) is 1. The van der Waals surface area contributed by atoms with E-state index in [0.29, 0.717) is 47.7 Å². The van der Waals surface area contributed by atoms with Crippen molar-refractivity contribution in [3.8, 4) is 6.07 Å². The number of piperidine rings is 1. The molecule has 6 rings (SSSR count). The van der Waals surface area contributed by atoms with Crippen LogP contribution < -0.4 is 5.32 Å². The van der Waals surface area contributed by atoms with Crippen LogP contribution in [0.2, 0.25) is 0 Å². The van der Waals surface area contributed by atoms with E-state index >= 15 is 4.39 Å². The number of ketones is 1. The minimum absolute atomic E-state index is 0.0959. The minimum atomic E-state index is -0.467. The quantitative estimate of drug-likeness (QED) is 0.688. The number of likely N-dealkylation sites (tertiary alicyclic amines) is 1. The maximum atomic E-state index is 15.0. The van der Waals surface area contributed by atoms with E-state index < -0.39 is 5.92 Å². The third-order valence-electron chi connectivity index (χ3n) is 9.27. The van der Waals surface area contributed by atoms with Crippen LogP contribution in [0.4, 0.5) is 4.39 Å². The highest BCUT2D eigenvalue weighted by Gasteiger charge is 2.45. The Kier molecular flexibility index (Phi) is 5.76. The Morgan fingerprint density at radius 2 is 1.97 bits per heavy atom. The van der Waals surface area contributed by atoms with Crippen molar-refractivity contribution in [1.29, 1.82) is 5.26 Å². The Hall–Kier alpha value is -1.81. The van der Waals surface area contributed by atoms with Crippen molar-refractivity contribution in [2.45, 2.75) is 69.0 Å². The average Bonchev–Trinajstić information content (AvgIpc) is 3.53. The largest absolute Gasteiger partial charge is 0.378 e. The molecule has 2 bridgehead atoms. The molecule has 3 heterocycles. The summed E-state index contributed by atoms with van der Waals surface area (Å²) in [4.78, 5) is 15.4. The number of benzene rings is 1. The fourth-order valence-corrected chi connectivity index (χ4v) is 7.34. The zero-order valence-corrected chi connectivity index (χ0v) is 19.2. The lowest BCUT2D eigenvalue weighted by molar-refractivity contribution is -0.122. The first-order valence-electron chi connectivity index (χ1n) is 12.9. The van der Waals surface area contributed by atoms with Gasteiger partial charge in [-0.1, -0.05) is 12.1 Å². The van der Waals surface area contributed by atoms with Gasteiger partial charge >= 0.3 is 0 Å². The number of fused-ring (bicyclic) bond motifs is 3. The van der Waals surface area contributed by atoms with Gasteiger partial charge in [0.15, 0.2) is 5.78 Å². The lowest BCUT2D eigenvalue weighted by atomic mass is 9.87. The maximum Gasteiger partial charge on any atom is 0.151 e. The summed E-state index contributed by atoms with van der Waals surface area (Å²) in [6.45, 7) is 4.07. The van der Waals surface area contributed by atoms with Crippen molar-refractivity contribution in [2.75, 3.05) is 26.3 Å². The maximum absolute atomic E-state index is 15.0. The first kappa shape index (κ1) is 21.7. The van der Waals surface area contributed by atoms with E-state index in [-0.39, 0.29) is 24.1 Å². The lowest BCUT2D eigenvalue weighted by Crippen LogP contribution is -2.48. The summed E-state index contributed by atoms with van der Waals surface area (Å²) < 4.78 is 20.4. The zero-order valence-electron chi connectivity index (χ0n) is 19.2. The van der Waals surface area contributed by atoms with Gasteiger partial charge in [-0.2, -0.15) is 5.26 Å². The predicted molar refractivity (Wildman–Crippen MR) is 122 cm³/mol. The first-order chi connectivity index (χ1) is 16.1. The molecule has 0 radical (unpaired) electrons. The van der Waals surface area contributed by atoms with Gasteiger partial charge in [0.1, 0.15) is 5.82 Å². The normalized spacial score (nSPS) is 36.5. The van der Waals surface area contributed by atoms with Crippen LogP contribution in [-0.2, 0) is 16.0 Å². The Balaban J connectivity index is 1.05. The van der Waals surface area contributed by atoms with E-state index in [2.05, 4.69) is 22.4 Å². The van der Waals surface area contributed by atoms with Crippen molar-refractivity contribution in [3.05, 3.63) is 35.1 Å². The molecule has 2 unspecified atom stereocenters. The summed E-state index contributed by atoms with van der Waals surface area (Å²) in [6.07, 6.45) is 6.15.